The largest absolute Gasteiger partial charge is 0.450 e. The number of halogens is 2. The third-order valence-corrected chi connectivity index (χ3v) is 5.23. The summed E-state index contributed by atoms with van der Waals surface area (Å²) in [5.41, 5.74) is 2.04. The van der Waals surface area contributed by atoms with Gasteiger partial charge in [-0.15, -0.1) is 0 Å². The van der Waals surface area contributed by atoms with E-state index in [2.05, 4.69) is 0 Å². The summed E-state index contributed by atoms with van der Waals surface area (Å²) < 4.78 is 5.80. The molecule has 1 unspecified atom stereocenters. The molecule has 126 valence electrons. The third-order valence-electron chi connectivity index (χ3n) is 4.57. The molecule has 1 aliphatic heterocycles. The van der Waals surface area contributed by atoms with E-state index in [1.54, 1.807) is 43.4 Å². The SMILES string of the molecule is Cc1cc2oc3c(c(=O)c2cc1Cl)C(c1ccc(Cl)cc1)N(C)C3=O. The van der Waals surface area contributed by atoms with Gasteiger partial charge in [0.1, 0.15) is 5.58 Å². The molecule has 0 saturated heterocycles. The van der Waals surface area contributed by atoms with Gasteiger partial charge in [0, 0.05) is 17.1 Å². The fourth-order valence-corrected chi connectivity index (χ4v) is 3.53. The molecule has 6 heteroatoms. The van der Waals surface area contributed by atoms with Crippen LogP contribution in [0.25, 0.3) is 11.0 Å². The van der Waals surface area contributed by atoms with Crippen LogP contribution in [0.15, 0.2) is 45.6 Å². The summed E-state index contributed by atoms with van der Waals surface area (Å²) in [5, 5.41) is 1.45. The monoisotopic (exact) mass is 373 g/mol. The van der Waals surface area contributed by atoms with Crippen molar-refractivity contribution in [3.8, 4) is 0 Å². The Kier molecular flexibility index (Phi) is 3.63. The molecule has 1 atom stereocenters. The standard InChI is InChI=1S/C19H13Cl2NO3/c1-9-7-14-12(8-13(9)21)17(23)15-16(10-3-5-11(20)6-4-10)22(2)19(24)18(15)25-14/h3-8,16H,1-2H3. The number of aryl methyl sites for hydroxylation is 1. The van der Waals surface area contributed by atoms with E-state index in [4.69, 9.17) is 27.6 Å². The Bertz CT molecular complexity index is 1090. The van der Waals surface area contributed by atoms with E-state index in [9.17, 15) is 9.59 Å². The van der Waals surface area contributed by atoms with E-state index in [0.29, 0.717) is 26.6 Å². The van der Waals surface area contributed by atoms with Crippen molar-refractivity contribution >= 4 is 40.1 Å². The maximum Gasteiger partial charge on any atom is 0.290 e. The first-order valence-electron chi connectivity index (χ1n) is 7.68. The predicted octanol–water partition coefficient (Wildman–Crippen LogP) is 4.58. The summed E-state index contributed by atoms with van der Waals surface area (Å²) in [7, 11) is 1.65. The lowest BCUT2D eigenvalue weighted by molar-refractivity contribution is 0.0771. The topological polar surface area (TPSA) is 50.5 Å². The zero-order chi connectivity index (χ0) is 17.9. The van der Waals surface area contributed by atoms with Crippen molar-refractivity contribution in [3.63, 3.8) is 0 Å². The number of fused-ring (bicyclic) bond motifs is 2. The molecule has 0 bridgehead atoms. The third kappa shape index (κ3) is 2.36. The summed E-state index contributed by atoms with van der Waals surface area (Å²) in [4.78, 5) is 27.2. The van der Waals surface area contributed by atoms with Crippen LogP contribution in [0.2, 0.25) is 10.0 Å². The van der Waals surface area contributed by atoms with Crippen LogP contribution in [0.3, 0.4) is 0 Å². The van der Waals surface area contributed by atoms with Gasteiger partial charge in [0.25, 0.3) is 5.91 Å². The normalized spacial score (nSPS) is 16.6. The van der Waals surface area contributed by atoms with Gasteiger partial charge in [-0.05, 0) is 42.3 Å². The molecule has 2 aromatic carbocycles. The lowest BCUT2D eigenvalue weighted by Crippen LogP contribution is -2.25. The number of nitrogens with zero attached hydrogens (tertiary/aromatic N) is 1. The Morgan fingerprint density at radius 1 is 1.08 bits per heavy atom. The minimum Gasteiger partial charge on any atom is -0.450 e. The Morgan fingerprint density at radius 3 is 2.44 bits per heavy atom. The predicted molar refractivity (Wildman–Crippen MR) is 97.6 cm³/mol. The maximum absolute atomic E-state index is 13.1. The Morgan fingerprint density at radius 2 is 1.76 bits per heavy atom. The number of carbonyl (C=O) groups is 1. The summed E-state index contributed by atoms with van der Waals surface area (Å²) in [6.07, 6.45) is 0. The number of rotatable bonds is 1. The highest BCUT2D eigenvalue weighted by atomic mass is 35.5. The van der Waals surface area contributed by atoms with Crippen molar-refractivity contribution in [1.82, 2.24) is 4.90 Å². The lowest BCUT2D eigenvalue weighted by atomic mass is 9.98. The van der Waals surface area contributed by atoms with Crippen molar-refractivity contribution in [3.05, 3.63) is 79.1 Å². The number of amides is 1. The van der Waals surface area contributed by atoms with Gasteiger partial charge in [-0.1, -0.05) is 35.3 Å². The van der Waals surface area contributed by atoms with Gasteiger partial charge in [-0.3, -0.25) is 9.59 Å². The van der Waals surface area contributed by atoms with Gasteiger partial charge >= 0.3 is 0 Å². The van der Waals surface area contributed by atoms with E-state index in [1.807, 2.05) is 6.92 Å². The van der Waals surface area contributed by atoms with Gasteiger partial charge in [-0.2, -0.15) is 0 Å². The Labute approximate surface area is 153 Å². The molecule has 1 amide bonds. The van der Waals surface area contributed by atoms with E-state index >= 15 is 0 Å². The molecule has 1 aromatic heterocycles. The maximum atomic E-state index is 13.1. The van der Waals surface area contributed by atoms with Crippen LogP contribution < -0.4 is 5.43 Å². The molecular formula is C19H13Cl2NO3. The molecule has 0 aliphatic carbocycles. The quantitative estimate of drug-likeness (QED) is 0.626. The first-order chi connectivity index (χ1) is 11.9. The number of benzene rings is 2. The molecule has 4 nitrogen and oxygen atoms in total. The molecule has 0 radical (unpaired) electrons. The highest BCUT2D eigenvalue weighted by Crippen LogP contribution is 2.37. The highest BCUT2D eigenvalue weighted by Gasteiger charge is 2.40. The van der Waals surface area contributed by atoms with Crippen LogP contribution in [-0.4, -0.2) is 17.9 Å². The molecule has 3 aromatic rings. The lowest BCUT2D eigenvalue weighted by Gasteiger charge is -2.20. The number of hydrogen-bond donors (Lipinski definition) is 0. The van der Waals surface area contributed by atoms with Gasteiger partial charge in [0.05, 0.1) is 17.0 Å². The van der Waals surface area contributed by atoms with Crippen LogP contribution in [-0.2, 0) is 0 Å². The Hall–Kier alpha value is -2.30. The van der Waals surface area contributed by atoms with Crippen molar-refractivity contribution in [2.24, 2.45) is 0 Å². The van der Waals surface area contributed by atoms with E-state index in [1.165, 1.54) is 4.90 Å². The first kappa shape index (κ1) is 16.2. The number of carbonyl (C=O) groups excluding carboxylic acids is 1. The molecule has 0 spiro atoms. The van der Waals surface area contributed by atoms with Gasteiger partial charge in [0.2, 0.25) is 5.76 Å². The summed E-state index contributed by atoms with van der Waals surface area (Å²) in [6, 6.07) is 9.84. The fourth-order valence-electron chi connectivity index (χ4n) is 3.24. The zero-order valence-electron chi connectivity index (χ0n) is 13.5. The fraction of sp³-hybridized carbons (Fsp3) is 0.158. The van der Waals surface area contributed by atoms with E-state index in [0.717, 1.165) is 11.1 Å². The average molecular weight is 374 g/mol. The second-order valence-corrected chi connectivity index (χ2v) is 6.99. The van der Waals surface area contributed by atoms with Crippen molar-refractivity contribution in [2.75, 3.05) is 7.05 Å². The van der Waals surface area contributed by atoms with E-state index in [-0.39, 0.29) is 17.1 Å². The molecular weight excluding hydrogens is 361 g/mol. The van der Waals surface area contributed by atoms with Gasteiger partial charge < -0.3 is 9.32 Å². The number of hydrogen-bond acceptors (Lipinski definition) is 3. The van der Waals surface area contributed by atoms with Crippen LogP contribution in [0.5, 0.6) is 0 Å². The van der Waals surface area contributed by atoms with Crippen LogP contribution >= 0.6 is 23.2 Å². The molecule has 2 heterocycles. The van der Waals surface area contributed by atoms with Gasteiger partial charge in [-0.25, -0.2) is 0 Å². The molecule has 1 aliphatic rings. The van der Waals surface area contributed by atoms with E-state index < -0.39 is 6.04 Å². The van der Waals surface area contributed by atoms with Gasteiger partial charge in [0.15, 0.2) is 5.43 Å². The summed E-state index contributed by atoms with van der Waals surface area (Å²) in [6.45, 7) is 1.82. The minimum atomic E-state index is -0.513. The van der Waals surface area contributed by atoms with Crippen molar-refractivity contribution < 1.29 is 9.21 Å². The highest BCUT2D eigenvalue weighted by molar-refractivity contribution is 6.32. The smallest absolute Gasteiger partial charge is 0.290 e. The van der Waals surface area contributed by atoms with Crippen molar-refractivity contribution in [2.45, 2.75) is 13.0 Å². The van der Waals surface area contributed by atoms with Crippen LogP contribution in [0, 0.1) is 6.92 Å². The molecule has 25 heavy (non-hydrogen) atoms. The summed E-state index contributed by atoms with van der Waals surface area (Å²) in [5.74, 6) is -0.233. The molecule has 0 N–H and O–H groups in total. The molecule has 0 saturated carbocycles. The van der Waals surface area contributed by atoms with Crippen LogP contribution in [0.1, 0.15) is 33.3 Å². The zero-order valence-corrected chi connectivity index (χ0v) is 15.0. The second-order valence-electron chi connectivity index (χ2n) is 6.14. The van der Waals surface area contributed by atoms with Crippen LogP contribution in [0.4, 0.5) is 0 Å². The minimum absolute atomic E-state index is 0.0849. The Balaban J connectivity index is 2.03. The summed E-state index contributed by atoms with van der Waals surface area (Å²) >= 11 is 12.1. The molecule has 4 rings (SSSR count). The second kappa shape index (κ2) is 5.61. The first-order valence-corrected chi connectivity index (χ1v) is 8.43. The van der Waals surface area contributed by atoms with Crippen molar-refractivity contribution in [1.29, 1.82) is 0 Å². The molecule has 0 fully saturated rings. The average Bonchev–Trinajstić information content (AvgIpc) is 2.83.